The van der Waals surface area contributed by atoms with Crippen molar-refractivity contribution in [1.29, 1.82) is 0 Å². The van der Waals surface area contributed by atoms with Crippen molar-refractivity contribution in [2.45, 2.75) is 31.9 Å². The Hall–Kier alpha value is -0.910. The van der Waals surface area contributed by atoms with E-state index in [-0.39, 0.29) is 23.3 Å². The largest absolute Gasteiger partial charge is 0.469 e. The highest BCUT2D eigenvalue weighted by Crippen LogP contribution is 2.03. The van der Waals surface area contributed by atoms with Crippen LogP contribution in [-0.2, 0) is 25.1 Å². The van der Waals surface area contributed by atoms with E-state index in [0.29, 0.717) is 6.54 Å². The zero-order chi connectivity index (χ0) is 12.6. The van der Waals surface area contributed by atoms with Gasteiger partial charge in [-0.25, -0.2) is 0 Å². The fourth-order valence-corrected chi connectivity index (χ4v) is 1.96. The SMILES string of the molecule is CCCNC(=O)CS(=O)C(C)CC(=O)OC. The van der Waals surface area contributed by atoms with Crippen LogP contribution >= 0.6 is 0 Å². The molecule has 0 heterocycles. The van der Waals surface area contributed by atoms with E-state index in [1.165, 1.54) is 7.11 Å². The van der Waals surface area contributed by atoms with Crippen LogP contribution in [0.25, 0.3) is 0 Å². The van der Waals surface area contributed by atoms with Crippen molar-refractivity contribution in [3.63, 3.8) is 0 Å². The quantitative estimate of drug-likeness (QED) is 0.655. The van der Waals surface area contributed by atoms with Gasteiger partial charge in [0.15, 0.2) is 0 Å². The molecule has 0 saturated heterocycles. The number of esters is 1. The van der Waals surface area contributed by atoms with E-state index >= 15 is 0 Å². The molecule has 0 spiro atoms. The van der Waals surface area contributed by atoms with Gasteiger partial charge in [-0.3, -0.25) is 13.8 Å². The summed E-state index contributed by atoms with van der Waals surface area (Å²) in [6.45, 7) is 4.19. The molecule has 0 aliphatic carbocycles. The molecule has 2 unspecified atom stereocenters. The minimum Gasteiger partial charge on any atom is -0.469 e. The summed E-state index contributed by atoms with van der Waals surface area (Å²) in [4.78, 5) is 22.2. The lowest BCUT2D eigenvalue weighted by molar-refractivity contribution is -0.140. The van der Waals surface area contributed by atoms with Crippen molar-refractivity contribution < 1.29 is 18.5 Å². The van der Waals surface area contributed by atoms with E-state index in [1.807, 2.05) is 6.92 Å². The first-order chi connectivity index (χ1) is 7.51. The molecule has 1 N–H and O–H groups in total. The molecule has 0 aromatic carbocycles. The molecule has 0 radical (unpaired) electrons. The van der Waals surface area contributed by atoms with E-state index in [0.717, 1.165) is 6.42 Å². The van der Waals surface area contributed by atoms with Gasteiger partial charge in [0.05, 0.1) is 13.5 Å². The first-order valence-corrected chi connectivity index (χ1v) is 6.60. The lowest BCUT2D eigenvalue weighted by Gasteiger charge is -2.09. The summed E-state index contributed by atoms with van der Waals surface area (Å²) in [5, 5.41) is 2.28. The molecule has 2 atom stereocenters. The van der Waals surface area contributed by atoms with E-state index in [9.17, 15) is 13.8 Å². The average Bonchev–Trinajstić information content (AvgIpc) is 2.25. The molecule has 16 heavy (non-hydrogen) atoms. The van der Waals surface area contributed by atoms with Crippen LogP contribution in [0.3, 0.4) is 0 Å². The Balaban J connectivity index is 3.95. The highest BCUT2D eigenvalue weighted by molar-refractivity contribution is 7.86. The standard InChI is InChI=1S/C10H19NO4S/c1-4-5-11-9(12)7-16(14)8(2)6-10(13)15-3/h8H,4-7H2,1-3H3,(H,11,12). The van der Waals surface area contributed by atoms with E-state index in [2.05, 4.69) is 10.1 Å². The molecule has 5 nitrogen and oxygen atoms in total. The third kappa shape index (κ3) is 6.55. The fraction of sp³-hybridized carbons (Fsp3) is 0.800. The van der Waals surface area contributed by atoms with Crippen molar-refractivity contribution in [3.05, 3.63) is 0 Å². The van der Waals surface area contributed by atoms with Crippen molar-refractivity contribution >= 4 is 22.7 Å². The van der Waals surface area contributed by atoms with Gasteiger partial charge in [0.2, 0.25) is 5.91 Å². The second-order valence-corrected chi connectivity index (χ2v) is 5.32. The molecular formula is C10H19NO4S. The van der Waals surface area contributed by atoms with Gasteiger partial charge in [-0.15, -0.1) is 0 Å². The third-order valence-corrected chi connectivity index (χ3v) is 3.59. The Morgan fingerprint density at radius 3 is 2.56 bits per heavy atom. The van der Waals surface area contributed by atoms with Crippen LogP contribution in [0.4, 0.5) is 0 Å². The summed E-state index contributed by atoms with van der Waals surface area (Å²) < 4.78 is 16.1. The molecule has 6 heteroatoms. The second-order valence-electron chi connectivity index (χ2n) is 3.47. The number of carbonyl (C=O) groups excluding carboxylic acids is 2. The van der Waals surface area contributed by atoms with Crippen LogP contribution in [-0.4, -0.2) is 40.7 Å². The highest BCUT2D eigenvalue weighted by atomic mass is 32.2. The number of rotatable bonds is 7. The van der Waals surface area contributed by atoms with Gasteiger partial charge in [0, 0.05) is 22.6 Å². The Bertz CT molecular complexity index is 268. The van der Waals surface area contributed by atoms with Crippen LogP contribution in [0.15, 0.2) is 0 Å². The second kappa shape index (κ2) is 8.27. The van der Waals surface area contributed by atoms with Crippen molar-refractivity contribution in [3.8, 4) is 0 Å². The first-order valence-electron chi connectivity index (χ1n) is 5.22. The third-order valence-electron chi connectivity index (χ3n) is 1.98. The topological polar surface area (TPSA) is 72.5 Å². The lowest BCUT2D eigenvalue weighted by Crippen LogP contribution is -2.32. The van der Waals surface area contributed by atoms with Gasteiger partial charge in [-0.2, -0.15) is 0 Å². The normalized spacial score (nSPS) is 13.9. The zero-order valence-corrected chi connectivity index (χ0v) is 10.8. The van der Waals surface area contributed by atoms with Gasteiger partial charge in [0.25, 0.3) is 0 Å². The lowest BCUT2D eigenvalue weighted by atomic mass is 10.3. The maximum atomic E-state index is 11.6. The Morgan fingerprint density at radius 2 is 2.06 bits per heavy atom. The summed E-state index contributed by atoms with van der Waals surface area (Å²) in [7, 11) is -0.0497. The van der Waals surface area contributed by atoms with Crippen LogP contribution in [0, 0.1) is 0 Å². The monoisotopic (exact) mass is 249 g/mol. The Kier molecular flexibility index (Phi) is 7.80. The minimum absolute atomic E-state index is 0.0574. The molecule has 0 aliphatic heterocycles. The van der Waals surface area contributed by atoms with Crippen molar-refractivity contribution in [1.82, 2.24) is 5.32 Å². The van der Waals surface area contributed by atoms with Gasteiger partial charge in [-0.1, -0.05) is 13.8 Å². The number of carbonyl (C=O) groups is 2. The Morgan fingerprint density at radius 1 is 1.44 bits per heavy atom. The molecule has 1 amide bonds. The molecule has 0 aliphatic rings. The highest BCUT2D eigenvalue weighted by Gasteiger charge is 2.18. The average molecular weight is 249 g/mol. The van der Waals surface area contributed by atoms with Crippen LogP contribution in [0.2, 0.25) is 0 Å². The maximum Gasteiger partial charge on any atom is 0.306 e. The predicted octanol–water partition coefficient (Wildman–Crippen LogP) is 0.213. The van der Waals surface area contributed by atoms with Crippen LogP contribution < -0.4 is 5.32 Å². The smallest absolute Gasteiger partial charge is 0.306 e. The fourth-order valence-electron chi connectivity index (χ4n) is 0.998. The van der Waals surface area contributed by atoms with E-state index < -0.39 is 16.8 Å². The summed E-state index contributed by atoms with van der Waals surface area (Å²) >= 11 is 0. The number of methoxy groups -OCH3 is 1. The molecule has 0 aromatic heterocycles. The van der Waals surface area contributed by atoms with E-state index in [4.69, 9.17) is 0 Å². The summed E-state index contributed by atoms with van der Waals surface area (Å²) in [6.07, 6.45) is 0.917. The molecule has 94 valence electrons. The number of hydrogen-bond acceptors (Lipinski definition) is 4. The molecular weight excluding hydrogens is 230 g/mol. The first kappa shape index (κ1) is 15.1. The number of hydrogen-bond donors (Lipinski definition) is 1. The van der Waals surface area contributed by atoms with Crippen molar-refractivity contribution in [2.75, 3.05) is 19.4 Å². The number of amides is 1. The molecule has 0 bridgehead atoms. The number of nitrogens with one attached hydrogen (secondary N) is 1. The molecule has 0 fully saturated rings. The summed E-state index contributed by atoms with van der Waals surface area (Å²) in [5.74, 6) is -0.704. The van der Waals surface area contributed by atoms with E-state index in [1.54, 1.807) is 6.92 Å². The summed E-state index contributed by atoms with van der Waals surface area (Å²) in [6, 6.07) is 0. The van der Waals surface area contributed by atoms with Crippen LogP contribution in [0.5, 0.6) is 0 Å². The summed E-state index contributed by atoms with van der Waals surface area (Å²) in [5.41, 5.74) is 0. The van der Waals surface area contributed by atoms with Gasteiger partial charge in [-0.05, 0) is 6.42 Å². The van der Waals surface area contributed by atoms with Crippen molar-refractivity contribution in [2.24, 2.45) is 0 Å². The maximum absolute atomic E-state index is 11.6. The van der Waals surface area contributed by atoms with Crippen LogP contribution in [0.1, 0.15) is 26.7 Å². The molecule has 0 aromatic rings. The molecule has 0 saturated carbocycles. The van der Waals surface area contributed by atoms with Gasteiger partial charge >= 0.3 is 5.97 Å². The minimum atomic E-state index is -1.33. The number of ether oxygens (including phenoxy) is 1. The zero-order valence-electron chi connectivity index (χ0n) is 9.95. The molecule has 0 rings (SSSR count). The Labute approximate surface area is 98.4 Å². The van der Waals surface area contributed by atoms with Gasteiger partial charge < -0.3 is 10.1 Å². The van der Waals surface area contributed by atoms with Gasteiger partial charge in [0.1, 0.15) is 5.75 Å². The predicted molar refractivity (Wildman–Crippen MR) is 62.4 cm³/mol.